The summed E-state index contributed by atoms with van der Waals surface area (Å²) in [6.45, 7) is 6.24. The SMILES string of the molecule is CC(C)(C)OC(=O)N1C2CC2CC[C@H]1CN. The highest BCUT2D eigenvalue weighted by Crippen LogP contribution is 2.45. The van der Waals surface area contributed by atoms with Crippen LogP contribution < -0.4 is 5.73 Å². The van der Waals surface area contributed by atoms with Gasteiger partial charge in [-0.25, -0.2) is 4.79 Å². The van der Waals surface area contributed by atoms with E-state index in [0.717, 1.165) is 12.8 Å². The number of nitrogens with zero attached hydrogens (tertiary/aromatic N) is 1. The molecule has 4 heteroatoms. The van der Waals surface area contributed by atoms with Gasteiger partial charge in [0, 0.05) is 18.6 Å². The summed E-state index contributed by atoms with van der Waals surface area (Å²) in [6, 6.07) is 0.579. The molecule has 92 valence electrons. The molecule has 0 spiro atoms. The first kappa shape index (κ1) is 11.7. The van der Waals surface area contributed by atoms with Crippen LogP contribution in [-0.2, 0) is 4.74 Å². The van der Waals surface area contributed by atoms with E-state index >= 15 is 0 Å². The van der Waals surface area contributed by atoms with Gasteiger partial charge >= 0.3 is 6.09 Å². The monoisotopic (exact) mass is 226 g/mol. The maximum atomic E-state index is 12.1. The lowest BCUT2D eigenvalue weighted by Crippen LogP contribution is -2.50. The van der Waals surface area contributed by atoms with Crippen molar-refractivity contribution in [2.24, 2.45) is 11.7 Å². The third kappa shape index (κ3) is 2.32. The van der Waals surface area contributed by atoms with Gasteiger partial charge < -0.3 is 15.4 Å². The summed E-state index contributed by atoms with van der Waals surface area (Å²) in [6.07, 6.45) is 3.19. The Morgan fingerprint density at radius 2 is 2.12 bits per heavy atom. The lowest BCUT2D eigenvalue weighted by Gasteiger charge is -2.36. The van der Waals surface area contributed by atoms with Gasteiger partial charge in [0.15, 0.2) is 0 Å². The van der Waals surface area contributed by atoms with Crippen molar-refractivity contribution in [3.63, 3.8) is 0 Å². The van der Waals surface area contributed by atoms with Crippen LogP contribution in [0.5, 0.6) is 0 Å². The Hall–Kier alpha value is -0.770. The summed E-state index contributed by atoms with van der Waals surface area (Å²) >= 11 is 0. The van der Waals surface area contributed by atoms with E-state index in [1.165, 1.54) is 6.42 Å². The van der Waals surface area contributed by atoms with Crippen LogP contribution in [-0.4, -0.2) is 35.2 Å². The number of fused-ring (bicyclic) bond motifs is 1. The number of likely N-dealkylation sites (tertiary alicyclic amines) is 1. The normalized spacial score (nSPS) is 33.2. The number of ether oxygens (including phenoxy) is 1. The molecule has 1 amide bonds. The highest BCUT2D eigenvalue weighted by Gasteiger charge is 2.50. The number of amides is 1. The molecule has 1 saturated heterocycles. The fourth-order valence-electron chi connectivity index (χ4n) is 2.53. The zero-order valence-corrected chi connectivity index (χ0v) is 10.4. The molecule has 0 aromatic heterocycles. The molecule has 4 nitrogen and oxygen atoms in total. The fraction of sp³-hybridized carbons (Fsp3) is 0.917. The first-order chi connectivity index (χ1) is 7.42. The molecule has 16 heavy (non-hydrogen) atoms. The predicted molar refractivity (Wildman–Crippen MR) is 62.0 cm³/mol. The molecule has 2 N–H and O–H groups in total. The van der Waals surface area contributed by atoms with Crippen LogP contribution in [0.3, 0.4) is 0 Å². The number of hydrogen-bond acceptors (Lipinski definition) is 3. The van der Waals surface area contributed by atoms with Crippen molar-refractivity contribution >= 4 is 6.09 Å². The standard InChI is InChI=1S/C12H22N2O2/c1-12(2,3)16-11(15)14-9(7-13)5-4-8-6-10(8)14/h8-10H,4-7,13H2,1-3H3/t8?,9-,10?/m0/s1. The number of rotatable bonds is 1. The van der Waals surface area contributed by atoms with Gasteiger partial charge in [0.2, 0.25) is 0 Å². The minimum absolute atomic E-state index is 0.179. The molecule has 1 aliphatic carbocycles. The van der Waals surface area contributed by atoms with Crippen molar-refractivity contribution in [3.8, 4) is 0 Å². The Kier molecular flexibility index (Phi) is 2.86. The maximum Gasteiger partial charge on any atom is 0.410 e. The van der Waals surface area contributed by atoms with Crippen LogP contribution >= 0.6 is 0 Å². The van der Waals surface area contributed by atoms with Gasteiger partial charge in [0.25, 0.3) is 0 Å². The molecule has 3 atom stereocenters. The molecule has 1 heterocycles. The van der Waals surface area contributed by atoms with E-state index in [0.29, 0.717) is 18.5 Å². The first-order valence-corrected chi connectivity index (χ1v) is 6.14. The molecule has 0 aromatic rings. The van der Waals surface area contributed by atoms with Crippen molar-refractivity contribution in [3.05, 3.63) is 0 Å². The highest BCUT2D eigenvalue weighted by molar-refractivity contribution is 5.70. The van der Waals surface area contributed by atoms with Gasteiger partial charge in [-0.05, 0) is 46.0 Å². The minimum Gasteiger partial charge on any atom is -0.444 e. The van der Waals surface area contributed by atoms with Gasteiger partial charge in [-0.2, -0.15) is 0 Å². The predicted octanol–water partition coefficient (Wildman–Crippen LogP) is 1.73. The minimum atomic E-state index is -0.419. The van der Waals surface area contributed by atoms with E-state index < -0.39 is 5.60 Å². The van der Waals surface area contributed by atoms with Gasteiger partial charge in [0.1, 0.15) is 5.60 Å². The molecule has 0 bridgehead atoms. The van der Waals surface area contributed by atoms with Crippen LogP contribution in [0.1, 0.15) is 40.0 Å². The molecule has 0 radical (unpaired) electrons. The third-order valence-corrected chi connectivity index (χ3v) is 3.38. The first-order valence-electron chi connectivity index (χ1n) is 6.14. The summed E-state index contributed by atoms with van der Waals surface area (Å²) in [4.78, 5) is 14.0. The maximum absolute atomic E-state index is 12.1. The van der Waals surface area contributed by atoms with Crippen LogP contribution in [0.2, 0.25) is 0 Å². The second kappa shape index (κ2) is 3.91. The Bertz CT molecular complexity index is 285. The third-order valence-electron chi connectivity index (χ3n) is 3.38. The van der Waals surface area contributed by atoms with Crippen molar-refractivity contribution in [2.45, 2.75) is 57.7 Å². The fourth-order valence-corrected chi connectivity index (χ4v) is 2.53. The molecule has 1 saturated carbocycles. The van der Waals surface area contributed by atoms with Crippen molar-refractivity contribution < 1.29 is 9.53 Å². The molecule has 2 aliphatic rings. The molecule has 2 rings (SSSR count). The average Bonchev–Trinajstić information content (AvgIpc) is 2.91. The zero-order valence-electron chi connectivity index (χ0n) is 10.4. The van der Waals surface area contributed by atoms with Crippen LogP contribution in [0.15, 0.2) is 0 Å². The summed E-state index contributed by atoms with van der Waals surface area (Å²) < 4.78 is 5.44. The van der Waals surface area contributed by atoms with E-state index in [1.807, 2.05) is 25.7 Å². The van der Waals surface area contributed by atoms with Gasteiger partial charge in [0.05, 0.1) is 0 Å². The average molecular weight is 226 g/mol. The van der Waals surface area contributed by atoms with Crippen LogP contribution in [0, 0.1) is 5.92 Å². The largest absolute Gasteiger partial charge is 0.444 e. The van der Waals surface area contributed by atoms with Crippen LogP contribution in [0.4, 0.5) is 4.79 Å². The van der Waals surface area contributed by atoms with E-state index in [9.17, 15) is 4.79 Å². The molecule has 0 aromatic carbocycles. The zero-order chi connectivity index (χ0) is 11.9. The van der Waals surface area contributed by atoms with Crippen LogP contribution in [0.25, 0.3) is 0 Å². The Labute approximate surface area is 97.1 Å². The number of piperidine rings is 1. The number of carbonyl (C=O) groups is 1. The van der Waals surface area contributed by atoms with E-state index in [-0.39, 0.29) is 12.1 Å². The van der Waals surface area contributed by atoms with E-state index in [2.05, 4.69) is 0 Å². The van der Waals surface area contributed by atoms with Gasteiger partial charge in [-0.15, -0.1) is 0 Å². The van der Waals surface area contributed by atoms with Gasteiger partial charge in [-0.3, -0.25) is 0 Å². The molecular weight excluding hydrogens is 204 g/mol. The number of carbonyl (C=O) groups excluding carboxylic acids is 1. The Morgan fingerprint density at radius 3 is 2.69 bits per heavy atom. The van der Waals surface area contributed by atoms with E-state index in [1.54, 1.807) is 0 Å². The lowest BCUT2D eigenvalue weighted by molar-refractivity contribution is 0.00818. The van der Waals surface area contributed by atoms with Gasteiger partial charge in [-0.1, -0.05) is 0 Å². The molecule has 2 fully saturated rings. The second-order valence-corrected chi connectivity index (χ2v) is 5.92. The topological polar surface area (TPSA) is 55.6 Å². The van der Waals surface area contributed by atoms with E-state index in [4.69, 9.17) is 10.5 Å². The summed E-state index contributed by atoms with van der Waals surface area (Å²) in [7, 11) is 0. The van der Waals surface area contributed by atoms with Crippen molar-refractivity contribution in [1.82, 2.24) is 4.90 Å². The van der Waals surface area contributed by atoms with Crippen molar-refractivity contribution in [1.29, 1.82) is 0 Å². The summed E-state index contributed by atoms with van der Waals surface area (Å²) in [5.74, 6) is 0.704. The lowest BCUT2D eigenvalue weighted by atomic mass is 10.0. The Morgan fingerprint density at radius 1 is 1.44 bits per heavy atom. The highest BCUT2D eigenvalue weighted by atomic mass is 16.6. The summed E-state index contributed by atoms with van der Waals surface area (Å²) in [5.41, 5.74) is 5.31. The molecule has 2 unspecified atom stereocenters. The quantitative estimate of drug-likeness (QED) is 0.741. The smallest absolute Gasteiger partial charge is 0.410 e. The van der Waals surface area contributed by atoms with Crippen molar-refractivity contribution in [2.75, 3.05) is 6.54 Å². The Balaban J connectivity index is 2.02. The summed E-state index contributed by atoms with van der Waals surface area (Å²) in [5, 5.41) is 0. The molecular formula is C12H22N2O2. The molecule has 1 aliphatic heterocycles. The number of hydrogen-bond donors (Lipinski definition) is 1. The second-order valence-electron chi connectivity index (χ2n) is 5.92. The number of nitrogens with two attached hydrogens (primary N) is 1.